The molecule has 2 aromatic carbocycles. The highest BCUT2D eigenvalue weighted by atomic mass is 35.5. The fourth-order valence-corrected chi connectivity index (χ4v) is 5.10. The third-order valence-electron chi connectivity index (χ3n) is 5.75. The number of thiophene rings is 1. The van der Waals surface area contributed by atoms with E-state index in [9.17, 15) is 14.0 Å². The van der Waals surface area contributed by atoms with Gasteiger partial charge in [0.1, 0.15) is 12.4 Å². The highest BCUT2D eigenvalue weighted by Crippen LogP contribution is 2.38. The number of nitrogens with zero attached hydrogens (tertiary/aromatic N) is 2. The van der Waals surface area contributed by atoms with Crippen LogP contribution in [0.5, 0.6) is 0 Å². The van der Waals surface area contributed by atoms with Crippen molar-refractivity contribution in [2.45, 2.75) is 32.4 Å². The number of halogens is 2. The second kappa shape index (κ2) is 9.43. The van der Waals surface area contributed by atoms with Crippen LogP contribution < -0.4 is 0 Å². The van der Waals surface area contributed by atoms with E-state index in [1.165, 1.54) is 17.0 Å². The lowest BCUT2D eigenvalue weighted by Gasteiger charge is -2.38. The predicted octanol–water partition coefficient (Wildman–Crippen LogP) is 5.57. The zero-order chi connectivity index (χ0) is 22.8. The van der Waals surface area contributed by atoms with Gasteiger partial charge in [-0.2, -0.15) is 0 Å². The molecule has 0 spiro atoms. The maximum Gasteiger partial charge on any atom is 0.254 e. The van der Waals surface area contributed by atoms with E-state index >= 15 is 0 Å². The van der Waals surface area contributed by atoms with E-state index in [1.807, 2.05) is 30.2 Å². The Kier molecular flexibility index (Phi) is 6.63. The van der Waals surface area contributed by atoms with Crippen LogP contribution in [0.15, 0.2) is 60.0 Å². The smallest absolute Gasteiger partial charge is 0.254 e. The Morgan fingerprint density at radius 3 is 2.47 bits per heavy atom. The summed E-state index contributed by atoms with van der Waals surface area (Å²) in [4.78, 5) is 31.3. The van der Waals surface area contributed by atoms with Gasteiger partial charge in [0.15, 0.2) is 0 Å². The van der Waals surface area contributed by atoms with Crippen molar-refractivity contribution in [2.24, 2.45) is 0 Å². The van der Waals surface area contributed by atoms with Gasteiger partial charge >= 0.3 is 0 Å². The standard InChI is InChI=1S/C25H24ClFN2O2S/c1-16(2)29(25(31)18-3-7-19(26)8-4-18)15-23(30)28-13-11-22-21(12-14-32-22)24(28)17-5-9-20(27)10-6-17/h3-10,12,14,16,24H,11,13,15H2,1-2H3. The summed E-state index contributed by atoms with van der Waals surface area (Å²) in [6.07, 6.45) is 0.767. The fourth-order valence-electron chi connectivity index (χ4n) is 4.07. The van der Waals surface area contributed by atoms with Crippen LogP contribution in [-0.2, 0) is 11.2 Å². The van der Waals surface area contributed by atoms with Gasteiger partial charge in [-0.1, -0.05) is 23.7 Å². The summed E-state index contributed by atoms with van der Waals surface area (Å²) in [7, 11) is 0. The van der Waals surface area contributed by atoms with Crippen molar-refractivity contribution in [3.05, 3.63) is 92.4 Å². The summed E-state index contributed by atoms with van der Waals surface area (Å²) in [5, 5.41) is 2.58. The Morgan fingerprint density at radius 2 is 1.81 bits per heavy atom. The topological polar surface area (TPSA) is 40.6 Å². The molecule has 2 heterocycles. The normalized spacial score (nSPS) is 15.5. The molecule has 1 atom stereocenters. The Hall–Kier alpha value is -2.70. The molecule has 0 fully saturated rings. The first-order valence-electron chi connectivity index (χ1n) is 10.5. The van der Waals surface area contributed by atoms with Gasteiger partial charge in [0.05, 0.1) is 6.04 Å². The minimum atomic E-state index is -0.312. The summed E-state index contributed by atoms with van der Waals surface area (Å²) in [6.45, 7) is 4.31. The van der Waals surface area contributed by atoms with Gasteiger partial charge < -0.3 is 9.80 Å². The molecule has 2 amide bonds. The molecule has 0 radical (unpaired) electrons. The van der Waals surface area contributed by atoms with Crippen LogP contribution in [0.4, 0.5) is 4.39 Å². The molecule has 1 aliphatic rings. The number of hydrogen-bond acceptors (Lipinski definition) is 3. The average molecular weight is 471 g/mol. The van der Waals surface area contributed by atoms with Crippen LogP contribution in [0.1, 0.15) is 46.3 Å². The largest absolute Gasteiger partial charge is 0.330 e. The van der Waals surface area contributed by atoms with Crippen LogP contribution in [0.2, 0.25) is 5.02 Å². The van der Waals surface area contributed by atoms with Crippen LogP contribution in [0, 0.1) is 5.82 Å². The van der Waals surface area contributed by atoms with Gasteiger partial charge in [0, 0.05) is 28.0 Å². The molecule has 0 saturated heterocycles. The summed E-state index contributed by atoms with van der Waals surface area (Å²) in [6, 6.07) is 14.6. The van der Waals surface area contributed by atoms with E-state index in [0.717, 1.165) is 17.5 Å². The third kappa shape index (κ3) is 4.57. The Bertz CT molecular complexity index is 1110. The minimum Gasteiger partial charge on any atom is -0.330 e. The molecule has 1 unspecified atom stereocenters. The van der Waals surface area contributed by atoms with Gasteiger partial charge in [-0.05, 0) is 79.2 Å². The Morgan fingerprint density at radius 1 is 1.12 bits per heavy atom. The van der Waals surface area contributed by atoms with E-state index in [1.54, 1.807) is 52.6 Å². The summed E-state index contributed by atoms with van der Waals surface area (Å²) < 4.78 is 13.6. The number of hydrogen-bond donors (Lipinski definition) is 0. The molecule has 0 N–H and O–H groups in total. The highest BCUT2D eigenvalue weighted by Gasteiger charge is 2.34. The summed E-state index contributed by atoms with van der Waals surface area (Å²) >= 11 is 7.63. The zero-order valence-corrected chi connectivity index (χ0v) is 19.5. The van der Waals surface area contributed by atoms with Crippen molar-refractivity contribution < 1.29 is 14.0 Å². The van der Waals surface area contributed by atoms with Crippen LogP contribution in [0.3, 0.4) is 0 Å². The third-order valence-corrected chi connectivity index (χ3v) is 7.00. The number of carbonyl (C=O) groups is 2. The Balaban J connectivity index is 1.61. The molecule has 4 nitrogen and oxygen atoms in total. The second-order valence-electron chi connectivity index (χ2n) is 8.12. The zero-order valence-electron chi connectivity index (χ0n) is 17.9. The van der Waals surface area contributed by atoms with E-state index in [-0.39, 0.29) is 36.3 Å². The van der Waals surface area contributed by atoms with Crippen molar-refractivity contribution in [3.8, 4) is 0 Å². The molecule has 1 aromatic heterocycles. The number of benzene rings is 2. The molecule has 0 bridgehead atoms. The van der Waals surface area contributed by atoms with Crippen LogP contribution in [0.25, 0.3) is 0 Å². The van der Waals surface area contributed by atoms with Gasteiger partial charge in [-0.25, -0.2) is 4.39 Å². The monoisotopic (exact) mass is 470 g/mol. The molecule has 166 valence electrons. The molecule has 1 aliphatic heterocycles. The molecular weight excluding hydrogens is 447 g/mol. The quantitative estimate of drug-likeness (QED) is 0.489. The predicted molar refractivity (Wildman–Crippen MR) is 126 cm³/mol. The summed E-state index contributed by atoms with van der Waals surface area (Å²) in [5.74, 6) is -0.656. The maximum atomic E-state index is 13.6. The van der Waals surface area contributed by atoms with Gasteiger partial charge in [-0.3, -0.25) is 9.59 Å². The van der Waals surface area contributed by atoms with Crippen LogP contribution in [-0.4, -0.2) is 40.7 Å². The molecule has 32 heavy (non-hydrogen) atoms. The minimum absolute atomic E-state index is 0.0315. The second-order valence-corrected chi connectivity index (χ2v) is 9.56. The molecule has 4 rings (SSSR count). The lowest BCUT2D eigenvalue weighted by molar-refractivity contribution is -0.134. The lowest BCUT2D eigenvalue weighted by atomic mass is 9.93. The first-order valence-corrected chi connectivity index (χ1v) is 11.8. The number of carbonyl (C=O) groups excluding carboxylic acids is 2. The number of amides is 2. The molecular formula is C25H24ClFN2O2S. The average Bonchev–Trinajstić information content (AvgIpc) is 3.26. The lowest BCUT2D eigenvalue weighted by Crippen LogP contribution is -2.48. The van der Waals surface area contributed by atoms with Crippen molar-refractivity contribution in [2.75, 3.05) is 13.1 Å². The Labute approximate surface area is 196 Å². The summed E-state index contributed by atoms with van der Waals surface area (Å²) in [5.41, 5.74) is 2.42. The first-order chi connectivity index (χ1) is 15.3. The van der Waals surface area contributed by atoms with E-state index in [4.69, 9.17) is 11.6 Å². The molecule has 3 aromatic rings. The molecule has 0 saturated carbocycles. The van der Waals surface area contributed by atoms with Crippen molar-refractivity contribution >= 4 is 34.8 Å². The maximum absolute atomic E-state index is 13.6. The fraction of sp³-hybridized carbons (Fsp3) is 0.280. The highest BCUT2D eigenvalue weighted by molar-refractivity contribution is 7.10. The van der Waals surface area contributed by atoms with Gasteiger partial charge in [0.2, 0.25) is 5.91 Å². The van der Waals surface area contributed by atoms with E-state index in [2.05, 4.69) is 0 Å². The molecule has 0 aliphatic carbocycles. The van der Waals surface area contributed by atoms with Crippen molar-refractivity contribution in [1.82, 2.24) is 9.80 Å². The van der Waals surface area contributed by atoms with Gasteiger partial charge in [0.25, 0.3) is 5.91 Å². The first kappa shape index (κ1) is 22.5. The number of fused-ring (bicyclic) bond motifs is 1. The van der Waals surface area contributed by atoms with Gasteiger partial charge in [-0.15, -0.1) is 11.3 Å². The number of rotatable bonds is 5. The molecule has 7 heteroatoms. The van der Waals surface area contributed by atoms with Crippen molar-refractivity contribution in [1.29, 1.82) is 0 Å². The van der Waals surface area contributed by atoms with Crippen LogP contribution >= 0.6 is 22.9 Å². The van der Waals surface area contributed by atoms with E-state index in [0.29, 0.717) is 17.1 Å². The SMILES string of the molecule is CC(C)N(CC(=O)N1CCc2sccc2C1c1ccc(F)cc1)C(=O)c1ccc(Cl)cc1. The van der Waals surface area contributed by atoms with Crippen molar-refractivity contribution in [3.63, 3.8) is 0 Å². The van der Waals surface area contributed by atoms with E-state index < -0.39 is 0 Å².